The number of esters is 1. The van der Waals surface area contributed by atoms with Gasteiger partial charge in [0, 0.05) is 10.6 Å². The van der Waals surface area contributed by atoms with E-state index < -0.39 is 11.9 Å². The number of hydrogen-bond donors (Lipinski definition) is 1. The number of nitrogens with one attached hydrogen (secondary N) is 1. The maximum absolute atomic E-state index is 12.7. The molecule has 2 unspecified atom stereocenters. The zero-order valence-electron chi connectivity index (χ0n) is 12.0. The van der Waals surface area contributed by atoms with Crippen LogP contribution in [0.1, 0.15) is 20.3 Å². The average molecular weight is 303 g/mol. The Kier molecular flexibility index (Phi) is 3.76. The molecule has 3 rings (SSSR count). The van der Waals surface area contributed by atoms with E-state index in [2.05, 4.69) is 5.32 Å². The van der Waals surface area contributed by atoms with Crippen LogP contribution in [0.2, 0.25) is 0 Å². The highest BCUT2D eigenvalue weighted by Crippen LogP contribution is 2.46. The molecule has 2 aliphatic rings. The summed E-state index contributed by atoms with van der Waals surface area (Å²) >= 11 is 1.45. The minimum atomic E-state index is -0.678. The minimum Gasteiger partial charge on any atom is -0.465 e. The van der Waals surface area contributed by atoms with Crippen LogP contribution in [-0.4, -0.2) is 18.4 Å². The molecule has 0 aromatic heterocycles. The second-order valence-electron chi connectivity index (χ2n) is 5.31. The lowest BCUT2D eigenvalue weighted by Gasteiger charge is -2.33. The number of Topliss-reactive ketones (excluding diaryl/α,β-unsaturated/α-hetero) is 1. The van der Waals surface area contributed by atoms with Gasteiger partial charge in [0.1, 0.15) is 5.92 Å². The molecule has 1 aliphatic heterocycles. The molecule has 0 saturated heterocycles. The summed E-state index contributed by atoms with van der Waals surface area (Å²) in [7, 11) is 0. The minimum absolute atomic E-state index is 0.0475. The Bertz CT molecular complexity index is 638. The summed E-state index contributed by atoms with van der Waals surface area (Å²) in [5, 5.41) is 3.34. The average Bonchev–Trinajstić information content (AvgIpc) is 2.46. The van der Waals surface area contributed by atoms with Crippen molar-refractivity contribution in [1.29, 1.82) is 0 Å². The van der Waals surface area contributed by atoms with Crippen LogP contribution in [0.3, 0.4) is 0 Å². The molecule has 21 heavy (non-hydrogen) atoms. The van der Waals surface area contributed by atoms with Gasteiger partial charge < -0.3 is 10.1 Å². The molecule has 1 heterocycles. The van der Waals surface area contributed by atoms with E-state index in [-0.39, 0.29) is 11.7 Å². The van der Waals surface area contributed by atoms with Crippen molar-refractivity contribution in [2.24, 2.45) is 11.8 Å². The van der Waals surface area contributed by atoms with Gasteiger partial charge in [-0.05, 0) is 31.4 Å². The maximum atomic E-state index is 12.7. The Morgan fingerprint density at radius 1 is 1.43 bits per heavy atom. The molecule has 0 bridgehead atoms. The summed E-state index contributed by atoms with van der Waals surface area (Å²) in [4.78, 5) is 26.4. The number of hydrogen-bond acceptors (Lipinski definition) is 5. The first-order valence-corrected chi connectivity index (χ1v) is 7.91. The van der Waals surface area contributed by atoms with Crippen molar-refractivity contribution in [2.45, 2.75) is 25.2 Å². The molecule has 5 heteroatoms. The Labute approximate surface area is 127 Å². The fourth-order valence-electron chi connectivity index (χ4n) is 2.80. The number of ketones is 1. The Morgan fingerprint density at radius 3 is 2.95 bits per heavy atom. The summed E-state index contributed by atoms with van der Waals surface area (Å²) in [5.41, 5.74) is 1.95. The van der Waals surface area contributed by atoms with E-state index in [1.807, 2.05) is 31.2 Å². The lowest BCUT2D eigenvalue weighted by atomic mass is 9.81. The van der Waals surface area contributed by atoms with Crippen LogP contribution in [0.25, 0.3) is 0 Å². The van der Waals surface area contributed by atoms with Crippen LogP contribution in [0, 0.1) is 11.8 Å². The highest BCUT2D eigenvalue weighted by atomic mass is 32.2. The Balaban J connectivity index is 1.92. The van der Waals surface area contributed by atoms with Gasteiger partial charge in [-0.15, -0.1) is 0 Å². The highest BCUT2D eigenvalue weighted by Gasteiger charge is 2.42. The topological polar surface area (TPSA) is 55.4 Å². The zero-order valence-corrected chi connectivity index (χ0v) is 12.8. The van der Waals surface area contributed by atoms with Gasteiger partial charge in [0.2, 0.25) is 0 Å². The van der Waals surface area contributed by atoms with Crippen LogP contribution < -0.4 is 5.32 Å². The van der Waals surface area contributed by atoms with Gasteiger partial charge in [-0.3, -0.25) is 9.59 Å². The Morgan fingerprint density at radius 2 is 2.19 bits per heavy atom. The summed E-state index contributed by atoms with van der Waals surface area (Å²) in [6, 6.07) is 7.88. The number of thioether (sulfide) groups is 1. The van der Waals surface area contributed by atoms with Gasteiger partial charge in [0.15, 0.2) is 5.78 Å². The number of anilines is 1. The molecule has 1 aliphatic carbocycles. The second-order valence-corrected chi connectivity index (χ2v) is 6.36. The van der Waals surface area contributed by atoms with Gasteiger partial charge >= 0.3 is 5.97 Å². The molecule has 4 nitrogen and oxygen atoms in total. The number of carbonyl (C=O) groups excluding carboxylic acids is 2. The standard InChI is InChI=1S/C16H17NO3S/c1-3-20-16(19)13-9(2)8-11-15(14(13)18)21-12-7-5-4-6-10(12)17-11/h4-7,9,13,17H,3,8H2,1-2H3. The number of ether oxygens (including phenoxy) is 1. The molecule has 0 radical (unpaired) electrons. The third-order valence-electron chi connectivity index (χ3n) is 3.80. The first kappa shape index (κ1) is 14.2. The highest BCUT2D eigenvalue weighted by molar-refractivity contribution is 8.04. The number of para-hydroxylation sites is 1. The normalized spacial score (nSPS) is 24.0. The molecule has 0 fully saturated rings. The van der Waals surface area contributed by atoms with Crippen molar-refractivity contribution in [3.63, 3.8) is 0 Å². The van der Waals surface area contributed by atoms with Crippen molar-refractivity contribution >= 4 is 29.2 Å². The molecule has 0 spiro atoms. The van der Waals surface area contributed by atoms with Gasteiger partial charge in [0.25, 0.3) is 0 Å². The number of rotatable bonds is 2. The smallest absolute Gasteiger partial charge is 0.317 e. The number of fused-ring (bicyclic) bond motifs is 1. The van der Waals surface area contributed by atoms with Crippen LogP contribution in [0.5, 0.6) is 0 Å². The molecule has 2 atom stereocenters. The first-order valence-electron chi connectivity index (χ1n) is 7.09. The van der Waals surface area contributed by atoms with Crippen LogP contribution in [0.4, 0.5) is 5.69 Å². The van der Waals surface area contributed by atoms with E-state index in [4.69, 9.17) is 4.74 Å². The molecular formula is C16H17NO3S. The van der Waals surface area contributed by atoms with Crippen LogP contribution in [-0.2, 0) is 14.3 Å². The van der Waals surface area contributed by atoms with Crippen molar-refractivity contribution in [3.8, 4) is 0 Å². The van der Waals surface area contributed by atoms with Gasteiger partial charge in [-0.2, -0.15) is 0 Å². The lowest BCUT2D eigenvalue weighted by Crippen LogP contribution is -2.37. The SMILES string of the molecule is CCOC(=O)C1C(=O)C2=C(CC1C)Nc1ccccc1S2. The lowest BCUT2D eigenvalue weighted by molar-refractivity contribution is -0.152. The molecule has 1 N–H and O–H groups in total. The van der Waals surface area contributed by atoms with Gasteiger partial charge in [-0.1, -0.05) is 30.8 Å². The number of benzene rings is 1. The van der Waals surface area contributed by atoms with E-state index >= 15 is 0 Å². The Hall–Kier alpha value is -1.75. The third kappa shape index (κ3) is 2.46. The summed E-state index contributed by atoms with van der Waals surface area (Å²) < 4.78 is 5.06. The van der Waals surface area contributed by atoms with Crippen LogP contribution >= 0.6 is 11.8 Å². The second kappa shape index (κ2) is 5.56. The molecule has 0 saturated carbocycles. The largest absolute Gasteiger partial charge is 0.465 e. The fraction of sp³-hybridized carbons (Fsp3) is 0.375. The van der Waals surface area contributed by atoms with Gasteiger partial charge in [0.05, 0.1) is 17.2 Å². The summed E-state index contributed by atoms with van der Waals surface area (Å²) in [6.07, 6.45) is 0.686. The maximum Gasteiger partial charge on any atom is 0.317 e. The number of carbonyl (C=O) groups is 2. The zero-order chi connectivity index (χ0) is 15.0. The molecule has 110 valence electrons. The summed E-state index contributed by atoms with van der Waals surface area (Å²) in [5.74, 6) is -1.24. The van der Waals surface area contributed by atoms with Gasteiger partial charge in [-0.25, -0.2) is 0 Å². The van der Waals surface area contributed by atoms with Crippen molar-refractivity contribution in [3.05, 3.63) is 34.9 Å². The summed E-state index contributed by atoms with van der Waals surface area (Å²) in [6.45, 7) is 3.99. The van der Waals surface area contributed by atoms with E-state index in [0.29, 0.717) is 17.9 Å². The van der Waals surface area contributed by atoms with E-state index in [9.17, 15) is 9.59 Å². The monoisotopic (exact) mass is 303 g/mol. The quantitative estimate of drug-likeness (QED) is 0.671. The predicted octanol–water partition coefficient (Wildman–Crippen LogP) is 3.20. The van der Waals surface area contributed by atoms with E-state index in [1.54, 1.807) is 6.92 Å². The van der Waals surface area contributed by atoms with Crippen molar-refractivity contribution in [2.75, 3.05) is 11.9 Å². The van der Waals surface area contributed by atoms with Crippen molar-refractivity contribution < 1.29 is 14.3 Å². The van der Waals surface area contributed by atoms with E-state index in [0.717, 1.165) is 16.3 Å². The fourth-order valence-corrected chi connectivity index (χ4v) is 3.88. The third-order valence-corrected chi connectivity index (χ3v) is 5.03. The predicted molar refractivity (Wildman–Crippen MR) is 81.9 cm³/mol. The van der Waals surface area contributed by atoms with E-state index in [1.165, 1.54) is 11.8 Å². The molecule has 0 amide bonds. The first-order chi connectivity index (χ1) is 10.1. The number of allylic oxidation sites excluding steroid dienone is 2. The van der Waals surface area contributed by atoms with Crippen molar-refractivity contribution in [1.82, 2.24) is 0 Å². The molecule has 1 aromatic carbocycles. The molecular weight excluding hydrogens is 286 g/mol. The molecule has 1 aromatic rings. The van der Waals surface area contributed by atoms with Crippen LogP contribution in [0.15, 0.2) is 39.8 Å².